The molecule has 7 nitrogen and oxygen atoms in total. The minimum atomic E-state index is -0.658. The summed E-state index contributed by atoms with van der Waals surface area (Å²) in [5.74, 6) is -1.40. The molecule has 1 amide bonds. The molecular weight excluding hydrogens is 302 g/mol. The van der Waals surface area contributed by atoms with Crippen molar-refractivity contribution >= 4 is 18.0 Å². The molecule has 1 aliphatic carbocycles. The zero-order valence-electron chi connectivity index (χ0n) is 14.5. The van der Waals surface area contributed by atoms with E-state index in [0.29, 0.717) is 19.3 Å². The molecule has 0 unspecified atom stereocenters. The Kier molecular flexibility index (Phi) is 6.84. The van der Waals surface area contributed by atoms with E-state index in [4.69, 9.17) is 14.2 Å². The van der Waals surface area contributed by atoms with E-state index in [2.05, 4.69) is 5.32 Å². The highest BCUT2D eigenvalue weighted by molar-refractivity contribution is 5.76. The van der Waals surface area contributed by atoms with Crippen LogP contribution in [0.25, 0.3) is 0 Å². The SMILES string of the molecule is CCOC(=O)[C@@H]1CCC[C@H](OC(C)=O)[C@@H]1NC(=O)OC(C)(C)C. The fraction of sp³-hybridized carbons (Fsp3) is 0.812. The third-order valence-corrected chi connectivity index (χ3v) is 3.43. The molecule has 7 heteroatoms. The van der Waals surface area contributed by atoms with Crippen molar-refractivity contribution in [3.8, 4) is 0 Å². The van der Waals surface area contributed by atoms with Gasteiger partial charge in [-0.05, 0) is 47.0 Å². The Labute approximate surface area is 137 Å². The lowest BCUT2D eigenvalue weighted by atomic mass is 9.82. The quantitative estimate of drug-likeness (QED) is 0.628. The third-order valence-electron chi connectivity index (χ3n) is 3.43. The molecule has 0 spiro atoms. The second-order valence-corrected chi connectivity index (χ2v) is 6.61. The van der Waals surface area contributed by atoms with Crippen molar-refractivity contribution in [2.45, 2.75) is 71.6 Å². The molecule has 1 rings (SSSR count). The van der Waals surface area contributed by atoms with Crippen LogP contribution >= 0.6 is 0 Å². The predicted molar refractivity (Wildman–Crippen MR) is 82.7 cm³/mol. The van der Waals surface area contributed by atoms with Gasteiger partial charge in [0, 0.05) is 6.92 Å². The number of carbonyl (C=O) groups excluding carboxylic acids is 3. The van der Waals surface area contributed by atoms with Gasteiger partial charge in [0.15, 0.2) is 0 Å². The average molecular weight is 329 g/mol. The number of esters is 2. The van der Waals surface area contributed by atoms with Crippen molar-refractivity contribution in [1.29, 1.82) is 0 Å². The van der Waals surface area contributed by atoms with Gasteiger partial charge >= 0.3 is 18.0 Å². The highest BCUT2D eigenvalue weighted by Gasteiger charge is 2.41. The van der Waals surface area contributed by atoms with Crippen LogP contribution in [0, 0.1) is 5.92 Å². The molecule has 1 saturated carbocycles. The summed E-state index contributed by atoms with van der Waals surface area (Å²) in [4.78, 5) is 35.5. The monoisotopic (exact) mass is 329 g/mol. The molecule has 0 aromatic heterocycles. The Hall–Kier alpha value is -1.79. The number of hydrogen-bond donors (Lipinski definition) is 1. The van der Waals surface area contributed by atoms with E-state index in [1.807, 2.05) is 0 Å². The largest absolute Gasteiger partial charge is 0.466 e. The van der Waals surface area contributed by atoms with Gasteiger partial charge in [0.05, 0.1) is 18.6 Å². The van der Waals surface area contributed by atoms with Crippen LogP contribution in [-0.4, -0.2) is 42.4 Å². The van der Waals surface area contributed by atoms with Crippen LogP contribution in [0.3, 0.4) is 0 Å². The maximum Gasteiger partial charge on any atom is 0.408 e. The fourth-order valence-corrected chi connectivity index (χ4v) is 2.65. The topological polar surface area (TPSA) is 90.9 Å². The van der Waals surface area contributed by atoms with Crippen LogP contribution in [0.4, 0.5) is 4.79 Å². The predicted octanol–water partition coefficient (Wildman–Crippen LogP) is 2.17. The van der Waals surface area contributed by atoms with Crippen molar-refractivity contribution < 1.29 is 28.6 Å². The van der Waals surface area contributed by atoms with E-state index in [1.54, 1.807) is 27.7 Å². The van der Waals surface area contributed by atoms with Gasteiger partial charge in [0.1, 0.15) is 11.7 Å². The normalized spacial score (nSPS) is 24.5. The van der Waals surface area contributed by atoms with Gasteiger partial charge in [-0.25, -0.2) is 4.79 Å². The molecule has 0 radical (unpaired) electrons. The highest BCUT2D eigenvalue weighted by Crippen LogP contribution is 2.28. The van der Waals surface area contributed by atoms with Crippen LogP contribution in [-0.2, 0) is 23.8 Å². The standard InChI is InChI=1S/C16H27NO6/c1-6-21-14(19)11-8-7-9-12(22-10(2)18)13(11)17-15(20)23-16(3,4)5/h11-13H,6-9H2,1-5H3,(H,17,20)/t11-,12+,13-/m1/s1. The summed E-state index contributed by atoms with van der Waals surface area (Å²) >= 11 is 0. The van der Waals surface area contributed by atoms with E-state index in [0.717, 1.165) is 0 Å². The van der Waals surface area contributed by atoms with Crippen LogP contribution in [0.1, 0.15) is 53.9 Å². The molecule has 0 bridgehead atoms. The smallest absolute Gasteiger partial charge is 0.408 e. The number of ether oxygens (including phenoxy) is 3. The summed E-state index contributed by atoms with van der Waals surface area (Å²) in [5, 5.41) is 2.68. The number of alkyl carbamates (subject to hydrolysis) is 1. The Morgan fingerprint density at radius 2 is 1.83 bits per heavy atom. The first-order chi connectivity index (χ1) is 10.6. The summed E-state index contributed by atoms with van der Waals surface area (Å²) in [5.41, 5.74) is -0.658. The molecule has 1 fully saturated rings. The van der Waals surface area contributed by atoms with Gasteiger partial charge in [-0.1, -0.05) is 0 Å². The molecular formula is C16H27NO6. The minimum Gasteiger partial charge on any atom is -0.466 e. The summed E-state index contributed by atoms with van der Waals surface area (Å²) in [6.45, 7) is 8.53. The van der Waals surface area contributed by atoms with Crippen molar-refractivity contribution in [2.24, 2.45) is 5.92 Å². The lowest BCUT2D eigenvalue weighted by Crippen LogP contribution is -2.55. The van der Waals surface area contributed by atoms with E-state index in [-0.39, 0.29) is 6.61 Å². The van der Waals surface area contributed by atoms with Gasteiger partial charge in [-0.2, -0.15) is 0 Å². The second-order valence-electron chi connectivity index (χ2n) is 6.61. The lowest BCUT2D eigenvalue weighted by Gasteiger charge is -2.36. The van der Waals surface area contributed by atoms with Crippen molar-refractivity contribution in [2.75, 3.05) is 6.61 Å². The molecule has 3 atom stereocenters. The van der Waals surface area contributed by atoms with Gasteiger partial charge in [0.2, 0.25) is 0 Å². The average Bonchev–Trinajstić information content (AvgIpc) is 2.38. The maximum absolute atomic E-state index is 12.2. The van der Waals surface area contributed by atoms with E-state index in [9.17, 15) is 14.4 Å². The third kappa shape index (κ3) is 6.46. The van der Waals surface area contributed by atoms with E-state index < -0.39 is 41.7 Å². The van der Waals surface area contributed by atoms with Gasteiger partial charge in [0.25, 0.3) is 0 Å². The molecule has 1 aliphatic rings. The Bertz CT molecular complexity index is 442. The van der Waals surface area contributed by atoms with Crippen LogP contribution in [0.15, 0.2) is 0 Å². The Morgan fingerprint density at radius 3 is 2.35 bits per heavy atom. The van der Waals surface area contributed by atoms with Crippen LogP contribution in [0.2, 0.25) is 0 Å². The highest BCUT2D eigenvalue weighted by atomic mass is 16.6. The number of hydrogen-bond acceptors (Lipinski definition) is 6. The van der Waals surface area contributed by atoms with E-state index in [1.165, 1.54) is 6.92 Å². The molecule has 132 valence electrons. The molecule has 0 aromatic carbocycles. The van der Waals surface area contributed by atoms with Gasteiger partial charge in [-0.15, -0.1) is 0 Å². The molecule has 23 heavy (non-hydrogen) atoms. The summed E-state index contributed by atoms with van der Waals surface area (Å²) < 4.78 is 15.6. The number of rotatable bonds is 4. The van der Waals surface area contributed by atoms with Crippen molar-refractivity contribution in [3.05, 3.63) is 0 Å². The second kappa shape index (κ2) is 8.17. The van der Waals surface area contributed by atoms with Crippen LogP contribution in [0.5, 0.6) is 0 Å². The zero-order valence-corrected chi connectivity index (χ0v) is 14.5. The Balaban J connectivity index is 2.89. The number of amides is 1. The fourth-order valence-electron chi connectivity index (χ4n) is 2.65. The van der Waals surface area contributed by atoms with Crippen molar-refractivity contribution in [3.63, 3.8) is 0 Å². The molecule has 0 aromatic rings. The minimum absolute atomic E-state index is 0.257. The van der Waals surface area contributed by atoms with E-state index >= 15 is 0 Å². The summed E-state index contributed by atoms with van der Waals surface area (Å²) in [6, 6.07) is -0.651. The van der Waals surface area contributed by atoms with Crippen molar-refractivity contribution in [1.82, 2.24) is 5.32 Å². The first-order valence-corrected chi connectivity index (χ1v) is 7.97. The van der Waals surface area contributed by atoms with Gasteiger partial charge < -0.3 is 19.5 Å². The van der Waals surface area contributed by atoms with Crippen LogP contribution < -0.4 is 5.32 Å². The molecule has 1 N–H and O–H groups in total. The van der Waals surface area contributed by atoms with Gasteiger partial charge in [-0.3, -0.25) is 9.59 Å². The first-order valence-electron chi connectivity index (χ1n) is 7.97. The molecule has 0 saturated heterocycles. The Morgan fingerprint density at radius 1 is 1.17 bits per heavy atom. The lowest BCUT2D eigenvalue weighted by molar-refractivity contribution is -0.159. The first kappa shape index (κ1) is 19.3. The maximum atomic E-state index is 12.2. The number of carbonyl (C=O) groups is 3. The number of nitrogens with one attached hydrogen (secondary N) is 1. The molecule has 0 heterocycles. The molecule has 0 aliphatic heterocycles. The summed E-state index contributed by atoms with van der Waals surface area (Å²) in [7, 11) is 0. The summed E-state index contributed by atoms with van der Waals surface area (Å²) in [6.07, 6.45) is 0.653. The zero-order chi connectivity index (χ0) is 17.6.